The quantitative estimate of drug-likeness (QED) is 0.305. The van der Waals surface area contributed by atoms with Crippen molar-refractivity contribution in [1.82, 2.24) is 24.5 Å². The summed E-state index contributed by atoms with van der Waals surface area (Å²) < 4.78 is 24.2. The first-order valence-electron chi connectivity index (χ1n) is 11.5. The van der Waals surface area contributed by atoms with Gasteiger partial charge in [0.15, 0.2) is 0 Å². The molecule has 196 valence electrons. The van der Waals surface area contributed by atoms with Gasteiger partial charge < -0.3 is 14.9 Å². The van der Waals surface area contributed by atoms with Crippen molar-refractivity contribution in [1.29, 1.82) is 0 Å². The molecule has 3 aromatic rings. The molecule has 37 heavy (non-hydrogen) atoms. The highest BCUT2D eigenvalue weighted by Gasteiger charge is 2.44. The van der Waals surface area contributed by atoms with Crippen LogP contribution in [-0.4, -0.2) is 61.4 Å². The minimum absolute atomic E-state index is 0.0184. The van der Waals surface area contributed by atoms with Crippen molar-refractivity contribution in [2.45, 2.75) is 38.5 Å². The highest BCUT2D eigenvalue weighted by atomic mass is 32.1. The van der Waals surface area contributed by atoms with Crippen LogP contribution in [0.1, 0.15) is 30.6 Å². The highest BCUT2D eigenvalue weighted by molar-refractivity contribution is 7.51. The number of aryl methyl sites for hydroxylation is 1. The molecule has 0 aliphatic carbocycles. The van der Waals surface area contributed by atoms with Crippen LogP contribution in [0.2, 0.25) is 0 Å². The molecule has 4 rings (SSSR count). The van der Waals surface area contributed by atoms with Crippen molar-refractivity contribution in [3.63, 3.8) is 0 Å². The van der Waals surface area contributed by atoms with E-state index in [0.717, 1.165) is 26.0 Å². The third-order valence-corrected chi connectivity index (χ3v) is 8.34. The Balaban J connectivity index is 1.46. The Morgan fingerprint density at radius 3 is 2.76 bits per heavy atom. The fourth-order valence-corrected chi connectivity index (χ4v) is 5.96. The fraction of sp³-hybridized carbons (Fsp3) is 0.333. The number of benzene rings is 1. The van der Waals surface area contributed by atoms with E-state index in [-0.39, 0.29) is 25.6 Å². The van der Waals surface area contributed by atoms with Gasteiger partial charge in [-0.25, -0.2) is 23.7 Å². The van der Waals surface area contributed by atoms with E-state index in [0.29, 0.717) is 0 Å². The number of hydrogen-bond acceptors (Lipinski definition) is 8. The molecule has 0 bridgehead atoms. The topological polar surface area (TPSA) is 136 Å². The summed E-state index contributed by atoms with van der Waals surface area (Å²) in [6.07, 6.45) is 3.64. The van der Waals surface area contributed by atoms with Gasteiger partial charge >= 0.3 is 13.8 Å². The summed E-state index contributed by atoms with van der Waals surface area (Å²) in [5, 5.41) is 2.94. The monoisotopic (exact) mass is 545 g/mol. The van der Waals surface area contributed by atoms with Gasteiger partial charge in [-0.05, 0) is 25.0 Å². The van der Waals surface area contributed by atoms with Crippen molar-refractivity contribution < 1.29 is 28.3 Å². The molecule has 1 aromatic carbocycles. The van der Waals surface area contributed by atoms with Crippen LogP contribution in [0, 0.1) is 6.92 Å². The number of nitrogens with one attached hydrogen (secondary N) is 1. The van der Waals surface area contributed by atoms with Gasteiger partial charge in [-0.3, -0.25) is 14.2 Å². The average Bonchev–Trinajstić information content (AvgIpc) is 3.64. The zero-order chi connectivity index (χ0) is 26.6. The van der Waals surface area contributed by atoms with Crippen molar-refractivity contribution in [2.75, 3.05) is 13.2 Å². The molecule has 2 amide bonds. The normalized spacial score (nSPS) is 19.7. The summed E-state index contributed by atoms with van der Waals surface area (Å²) in [6, 6.07) is 6.51. The number of hydrogen-bond donors (Lipinski definition) is 2. The van der Waals surface area contributed by atoms with Crippen LogP contribution >= 0.6 is 19.1 Å². The van der Waals surface area contributed by atoms with E-state index in [1.54, 1.807) is 16.8 Å². The number of imidazole rings is 1. The molecular weight excluding hydrogens is 517 g/mol. The summed E-state index contributed by atoms with van der Waals surface area (Å²) in [6.45, 7) is 7.19. The predicted octanol–water partition coefficient (Wildman–Crippen LogP) is 3.92. The predicted molar refractivity (Wildman–Crippen MR) is 138 cm³/mol. The second-order valence-electron chi connectivity index (χ2n) is 8.55. The fourth-order valence-electron chi connectivity index (χ4n) is 4.08. The summed E-state index contributed by atoms with van der Waals surface area (Å²) in [7, 11) is -4.26. The molecule has 1 unspecified atom stereocenters. The smallest absolute Gasteiger partial charge is 0.437 e. The van der Waals surface area contributed by atoms with Gasteiger partial charge in [0.25, 0.3) is 0 Å². The molecule has 0 spiro atoms. The third-order valence-electron chi connectivity index (χ3n) is 5.97. The van der Waals surface area contributed by atoms with Crippen LogP contribution in [0.15, 0.2) is 61.2 Å². The molecule has 1 fully saturated rings. The average molecular weight is 546 g/mol. The lowest BCUT2D eigenvalue weighted by molar-refractivity contribution is -0.125. The Bertz CT molecular complexity index is 1300. The SMILES string of the molecule is C=CCOC(=O)N1C[C@H](OP(=O)(O)n2ccnc2)C[C@H]1C(=O)N[C@@H](C)c1ccc(-c2scnc2C)cc1. The summed E-state index contributed by atoms with van der Waals surface area (Å²) in [4.78, 5) is 46.6. The summed E-state index contributed by atoms with van der Waals surface area (Å²) in [5.74, 6) is -0.424. The zero-order valence-corrected chi connectivity index (χ0v) is 22.1. The van der Waals surface area contributed by atoms with Crippen molar-refractivity contribution >= 4 is 31.1 Å². The van der Waals surface area contributed by atoms with Crippen LogP contribution in [0.4, 0.5) is 4.79 Å². The van der Waals surface area contributed by atoms with Gasteiger partial charge in [0.1, 0.15) is 19.0 Å². The number of carbonyl (C=O) groups excluding carboxylic acids is 2. The molecule has 1 saturated heterocycles. The Morgan fingerprint density at radius 2 is 2.14 bits per heavy atom. The van der Waals surface area contributed by atoms with Crippen LogP contribution in [0.25, 0.3) is 10.4 Å². The molecular formula is C24H28N5O6PS. The molecule has 11 nitrogen and oxygen atoms in total. The lowest BCUT2D eigenvalue weighted by Crippen LogP contribution is -2.46. The number of rotatable bonds is 9. The third kappa shape index (κ3) is 6.16. The Morgan fingerprint density at radius 1 is 1.38 bits per heavy atom. The van der Waals surface area contributed by atoms with Crippen LogP contribution < -0.4 is 5.32 Å². The van der Waals surface area contributed by atoms with Gasteiger partial charge in [-0.1, -0.05) is 36.9 Å². The number of thiazole rings is 1. The largest absolute Gasteiger partial charge is 0.445 e. The van der Waals surface area contributed by atoms with E-state index >= 15 is 0 Å². The molecule has 0 radical (unpaired) electrons. The van der Waals surface area contributed by atoms with E-state index in [4.69, 9.17) is 9.26 Å². The first kappa shape index (κ1) is 26.7. The molecule has 1 aliphatic heterocycles. The Labute approximate surface area is 218 Å². The molecule has 13 heteroatoms. The maximum Gasteiger partial charge on any atom is 0.437 e. The first-order chi connectivity index (χ1) is 17.7. The number of carbonyl (C=O) groups is 2. The lowest BCUT2D eigenvalue weighted by Gasteiger charge is -2.24. The second kappa shape index (κ2) is 11.4. The molecule has 2 N–H and O–H groups in total. The second-order valence-corrected chi connectivity index (χ2v) is 11.1. The molecule has 0 saturated carbocycles. The van der Waals surface area contributed by atoms with E-state index in [2.05, 4.69) is 21.9 Å². The van der Waals surface area contributed by atoms with Crippen molar-refractivity contribution in [3.05, 3.63) is 72.4 Å². The number of nitrogens with zero attached hydrogens (tertiary/aromatic N) is 4. The minimum atomic E-state index is -4.26. The van der Waals surface area contributed by atoms with Gasteiger partial charge in [0.05, 0.1) is 34.8 Å². The maximum absolute atomic E-state index is 13.3. The zero-order valence-electron chi connectivity index (χ0n) is 20.4. The van der Waals surface area contributed by atoms with Gasteiger partial charge in [-0.2, -0.15) is 0 Å². The molecule has 1 aliphatic rings. The van der Waals surface area contributed by atoms with Crippen molar-refractivity contribution in [2.24, 2.45) is 0 Å². The van der Waals surface area contributed by atoms with Crippen LogP contribution in [0.3, 0.4) is 0 Å². The summed E-state index contributed by atoms with van der Waals surface area (Å²) in [5.41, 5.74) is 4.68. The van der Waals surface area contributed by atoms with Crippen LogP contribution in [0.5, 0.6) is 0 Å². The van der Waals surface area contributed by atoms with Gasteiger partial charge in [-0.15, -0.1) is 11.3 Å². The first-order valence-corrected chi connectivity index (χ1v) is 14.0. The summed E-state index contributed by atoms with van der Waals surface area (Å²) >= 11 is 1.56. The van der Waals surface area contributed by atoms with Gasteiger partial charge in [0.2, 0.25) is 5.91 Å². The number of ether oxygens (including phenoxy) is 1. The maximum atomic E-state index is 13.3. The van der Waals surface area contributed by atoms with E-state index < -0.39 is 31.9 Å². The molecule has 4 atom stereocenters. The van der Waals surface area contributed by atoms with E-state index in [9.17, 15) is 19.0 Å². The van der Waals surface area contributed by atoms with Crippen molar-refractivity contribution in [3.8, 4) is 10.4 Å². The molecule has 2 aromatic heterocycles. The number of aromatic nitrogens is 3. The highest BCUT2D eigenvalue weighted by Crippen LogP contribution is 2.46. The Kier molecular flexibility index (Phi) is 8.23. The Hall–Kier alpha value is -3.31. The number of amides is 2. The van der Waals surface area contributed by atoms with Crippen LogP contribution in [-0.2, 0) is 18.6 Å². The number of likely N-dealkylation sites (tertiary alicyclic amines) is 1. The lowest BCUT2D eigenvalue weighted by atomic mass is 10.0. The van der Waals surface area contributed by atoms with E-state index in [1.165, 1.54) is 29.7 Å². The standard InChI is InChI=1S/C24H28N5O6PS/c1-4-11-34-24(31)29-13-20(35-36(32,33)28-10-9-25-14-28)12-21(29)23(30)27-16(2)18-5-7-19(8-6-18)22-17(3)26-15-37-22/h4-10,14-16,20-21H,1,11-13H2,2-3H3,(H,27,30)(H,32,33)/t16-,20+,21-/m0/s1. The van der Waals surface area contributed by atoms with Gasteiger partial charge in [0, 0.05) is 18.8 Å². The minimum Gasteiger partial charge on any atom is -0.445 e. The molecule has 3 heterocycles. The van der Waals surface area contributed by atoms with E-state index in [1.807, 2.05) is 38.1 Å².